The van der Waals surface area contributed by atoms with Crippen molar-refractivity contribution in [3.8, 4) is 0 Å². The minimum Gasteiger partial charge on any atom is -0.0817 e. The van der Waals surface area contributed by atoms with Crippen LogP contribution in [0, 0.1) is 0 Å². The predicted octanol–water partition coefficient (Wildman–Crippen LogP) is 4.56. The highest BCUT2D eigenvalue weighted by Crippen LogP contribution is 2.45. The Morgan fingerprint density at radius 3 is 2.42 bits per heavy atom. The van der Waals surface area contributed by atoms with Crippen molar-refractivity contribution in [2.24, 2.45) is 0 Å². The Balaban J connectivity index is 2.15. The lowest BCUT2D eigenvalue weighted by molar-refractivity contribution is 1.73. The van der Waals surface area contributed by atoms with Crippen LogP contribution in [0.2, 0.25) is 0 Å². The van der Waals surface area contributed by atoms with Crippen LogP contribution >= 0.6 is 47.0 Å². The first kappa shape index (κ1) is 8.97. The van der Waals surface area contributed by atoms with Crippen LogP contribution in [-0.4, -0.2) is 0 Å². The molecule has 0 aliphatic carbocycles. The molecule has 0 aromatic rings. The van der Waals surface area contributed by atoms with E-state index in [1.165, 1.54) is 13.4 Å². The molecule has 0 spiro atoms. The molecule has 0 radical (unpaired) electrons. The second-order valence-corrected chi connectivity index (χ2v) is 6.64. The molecule has 0 unspecified atom stereocenters. The van der Waals surface area contributed by atoms with E-state index in [9.17, 15) is 0 Å². The minimum absolute atomic E-state index is 1.26. The average molecular weight is 230 g/mol. The van der Waals surface area contributed by atoms with Crippen molar-refractivity contribution in [1.29, 1.82) is 0 Å². The van der Waals surface area contributed by atoms with Gasteiger partial charge in [-0.25, -0.2) is 0 Å². The fraction of sp³-hybridized carbons (Fsp3) is 0.125. The van der Waals surface area contributed by atoms with Crippen molar-refractivity contribution in [1.82, 2.24) is 0 Å². The van der Waals surface area contributed by atoms with Crippen LogP contribution in [0.25, 0.3) is 0 Å². The standard InChI is InChI=1S/C8H6S4/c1-6-5-11-8(12-6)4-7-9-2-3-10-7/h2-3,5H,1H3. The predicted molar refractivity (Wildman–Crippen MR) is 63.8 cm³/mol. The lowest BCUT2D eigenvalue weighted by atomic mass is 10.8. The Morgan fingerprint density at radius 2 is 1.83 bits per heavy atom. The largest absolute Gasteiger partial charge is 0.0929 e. The third-order valence-corrected chi connectivity index (χ3v) is 5.32. The Labute approximate surface area is 89.0 Å². The third kappa shape index (κ3) is 2.21. The van der Waals surface area contributed by atoms with Crippen LogP contribution in [0.4, 0.5) is 0 Å². The normalized spacial score (nSPS) is 21.6. The Bertz CT molecular complexity index is 308. The van der Waals surface area contributed by atoms with Gasteiger partial charge >= 0.3 is 0 Å². The quantitative estimate of drug-likeness (QED) is 0.559. The van der Waals surface area contributed by atoms with Crippen molar-refractivity contribution in [2.75, 3.05) is 0 Å². The molecule has 0 saturated heterocycles. The number of thioether (sulfide) groups is 4. The topological polar surface area (TPSA) is 0 Å². The van der Waals surface area contributed by atoms with Crippen molar-refractivity contribution in [3.63, 3.8) is 0 Å². The zero-order valence-electron chi connectivity index (χ0n) is 6.37. The molecule has 0 bridgehead atoms. The summed E-state index contributed by atoms with van der Waals surface area (Å²) in [5.74, 6) is 0. The molecule has 2 aliphatic rings. The van der Waals surface area contributed by atoms with Crippen molar-refractivity contribution in [3.05, 3.63) is 35.3 Å². The van der Waals surface area contributed by atoms with Gasteiger partial charge in [-0.1, -0.05) is 52.8 Å². The second-order valence-electron chi connectivity index (χ2n) is 2.16. The van der Waals surface area contributed by atoms with Gasteiger partial charge in [-0.3, -0.25) is 0 Å². The minimum atomic E-state index is 1.26. The lowest BCUT2D eigenvalue weighted by Crippen LogP contribution is -1.57. The maximum absolute atomic E-state index is 3.38. The van der Waals surface area contributed by atoms with Gasteiger partial charge in [-0.05, 0) is 28.1 Å². The maximum Gasteiger partial charge on any atom is 0.0929 e. The molecule has 0 N–H and O–H groups in total. The molecule has 0 atom stereocenters. The highest BCUT2D eigenvalue weighted by Gasteiger charge is 2.08. The summed E-state index contributed by atoms with van der Waals surface area (Å²) in [6.45, 7) is 2.13. The summed E-state index contributed by atoms with van der Waals surface area (Å²) >= 11 is 7.07. The molecule has 2 heterocycles. The molecule has 0 fully saturated rings. The Hall–Kier alpha value is 0.400. The summed E-state index contributed by atoms with van der Waals surface area (Å²) in [5.41, 5.74) is 3.38. The van der Waals surface area contributed by atoms with E-state index in [1.807, 2.05) is 0 Å². The molecule has 0 nitrogen and oxygen atoms in total. The van der Waals surface area contributed by atoms with Crippen LogP contribution in [0.1, 0.15) is 6.92 Å². The highest BCUT2D eigenvalue weighted by atomic mass is 32.2. The summed E-state index contributed by atoms with van der Waals surface area (Å²) in [6, 6.07) is 0. The summed E-state index contributed by atoms with van der Waals surface area (Å²) in [5, 5.41) is 6.36. The van der Waals surface area contributed by atoms with Gasteiger partial charge in [0, 0.05) is 0 Å². The van der Waals surface area contributed by atoms with Gasteiger partial charge in [0.15, 0.2) is 0 Å². The monoisotopic (exact) mass is 230 g/mol. The Morgan fingerprint density at radius 1 is 1.08 bits per heavy atom. The van der Waals surface area contributed by atoms with Crippen molar-refractivity contribution in [2.45, 2.75) is 6.92 Å². The third-order valence-electron chi connectivity index (χ3n) is 1.20. The van der Waals surface area contributed by atoms with Gasteiger partial charge in [0.1, 0.15) is 0 Å². The van der Waals surface area contributed by atoms with E-state index in [0.29, 0.717) is 0 Å². The molecule has 62 valence electrons. The molecule has 2 aliphatic heterocycles. The van der Waals surface area contributed by atoms with E-state index in [4.69, 9.17) is 0 Å². The maximum atomic E-state index is 3.38. The molecule has 0 aromatic heterocycles. The van der Waals surface area contributed by atoms with E-state index in [-0.39, 0.29) is 0 Å². The summed E-state index contributed by atoms with van der Waals surface area (Å²) in [6.07, 6.45) is 0. The molecular formula is C8H6S4. The molecule has 0 saturated carbocycles. The van der Waals surface area contributed by atoms with E-state index >= 15 is 0 Å². The number of rotatable bonds is 0. The van der Waals surface area contributed by atoms with Crippen LogP contribution in [0.5, 0.6) is 0 Å². The van der Waals surface area contributed by atoms with Gasteiger partial charge in [0.2, 0.25) is 0 Å². The molecule has 4 heteroatoms. The summed E-state index contributed by atoms with van der Waals surface area (Å²) in [7, 11) is 0. The molecular weight excluding hydrogens is 224 g/mol. The van der Waals surface area contributed by atoms with Crippen molar-refractivity contribution < 1.29 is 0 Å². The Kier molecular flexibility index (Phi) is 3.05. The average Bonchev–Trinajstić information content (AvgIpc) is 2.63. The summed E-state index contributed by atoms with van der Waals surface area (Å²) < 4.78 is 2.53. The van der Waals surface area contributed by atoms with E-state index in [2.05, 4.69) is 28.9 Å². The van der Waals surface area contributed by atoms with E-state index in [1.54, 1.807) is 47.0 Å². The first-order valence-electron chi connectivity index (χ1n) is 3.35. The van der Waals surface area contributed by atoms with Crippen LogP contribution in [-0.2, 0) is 0 Å². The van der Waals surface area contributed by atoms with E-state index in [0.717, 1.165) is 0 Å². The molecule has 0 amide bonds. The smallest absolute Gasteiger partial charge is 0.0817 e. The van der Waals surface area contributed by atoms with Crippen LogP contribution < -0.4 is 0 Å². The fourth-order valence-corrected chi connectivity index (χ4v) is 4.51. The number of hydrogen-bond acceptors (Lipinski definition) is 4. The van der Waals surface area contributed by atoms with E-state index < -0.39 is 0 Å². The van der Waals surface area contributed by atoms with Gasteiger partial charge in [-0.15, -0.1) is 0 Å². The van der Waals surface area contributed by atoms with Crippen LogP contribution in [0.3, 0.4) is 0 Å². The van der Waals surface area contributed by atoms with Gasteiger partial charge in [0.05, 0.1) is 8.47 Å². The number of allylic oxidation sites excluding steroid dienone is 1. The summed E-state index contributed by atoms with van der Waals surface area (Å²) in [4.78, 5) is 1.36. The zero-order valence-corrected chi connectivity index (χ0v) is 9.63. The first-order chi connectivity index (χ1) is 5.84. The van der Waals surface area contributed by atoms with Gasteiger partial charge in [0.25, 0.3) is 0 Å². The van der Waals surface area contributed by atoms with Crippen molar-refractivity contribution >= 4 is 47.0 Å². The first-order valence-corrected chi connectivity index (χ1v) is 6.81. The fourth-order valence-electron chi connectivity index (χ4n) is 0.735. The lowest BCUT2D eigenvalue weighted by Gasteiger charge is -1.90. The molecule has 0 aromatic carbocycles. The molecule has 12 heavy (non-hydrogen) atoms. The van der Waals surface area contributed by atoms with Crippen LogP contribution in [0.15, 0.2) is 35.3 Å². The zero-order chi connectivity index (χ0) is 8.39. The van der Waals surface area contributed by atoms with Gasteiger partial charge in [-0.2, -0.15) is 0 Å². The SMILES string of the molecule is CC1=CSC(=C=C2SC=CS2)S1. The molecule has 2 rings (SSSR count). The number of hydrogen-bond donors (Lipinski definition) is 0. The highest BCUT2D eigenvalue weighted by molar-refractivity contribution is 8.28. The second kappa shape index (κ2) is 4.07. The van der Waals surface area contributed by atoms with Gasteiger partial charge < -0.3 is 0 Å².